The molecule has 0 aliphatic rings. The maximum atomic E-state index is 14.8. The molecule has 0 spiro atoms. The van der Waals surface area contributed by atoms with Crippen molar-refractivity contribution in [2.24, 2.45) is 0 Å². The molecule has 0 saturated carbocycles. The van der Waals surface area contributed by atoms with Gasteiger partial charge in [-0.25, -0.2) is 13.8 Å². The van der Waals surface area contributed by atoms with E-state index in [2.05, 4.69) is 42.5 Å². The van der Waals surface area contributed by atoms with Gasteiger partial charge in [0, 0.05) is 16.8 Å². The second-order valence-electron chi connectivity index (χ2n) is 10.3. The van der Waals surface area contributed by atoms with Gasteiger partial charge in [-0.3, -0.25) is 4.90 Å². The van der Waals surface area contributed by atoms with Crippen LogP contribution in [0.4, 0.5) is 26.0 Å². The Labute approximate surface area is 249 Å². The maximum Gasteiger partial charge on any atom is 0.138 e. The number of aromatic nitrogens is 1. The van der Waals surface area contributed by atoms with E-state index < -0.39 is 11.6 Å². The third kappa shape index (κ3) is 5.15. The zero-order valence-corrected chi connectivity index (χ0v) is 23.2. The minimum Gasteiger partial charge on any atom is -0.295 e. The second-order valence-corrected chi connectivity index (χ2v) is 10.3. The molecule has 43 heavy (non-hydrogen) atoms. The van der Waals surface area contributed by atoms with Crippen LogP contribution in [0.15, 0.2) is 158 Å². The highest BCUT2D eigenvalue weighted by atomic mass is 19.1. The van der Waals surface area contributed by atoms with Crippen LogP contribution in [-0.2, 0) is 0 Å². The fourth-order valence-electron chi connectivity index (χ4n) is 5.57. The molecule has 0 aliphatic carbocycles. The second kappa shape index (κ2) is 11.3. The lowest BCUT2D eigenvalue weighted by molar-refractivity contribution is 0.589. The fraction of sp³-hybridized carbons (Fsp3) is 0. The summed E-state index contributed by atoms with van der Waals surface area (Å²) < 4.78 is 29.6. The zero-order valence-electron chi connectivity index (χ0n) is 23.2. The van der Waals surface area contributed by atoms with Crippen molar-refractivity contribution in [3.05, 3.63) is 169 Å². The number of rotatable bonds is 6. The molecule has 0 radical (unpaired) electrons. The van der Waals surface area contributed by atoms with Crippen molar-refractivity contribution in [3.63, 3.8) is 0 Å². The summed E-state index contributed by atoms with van der Waals surface area (Å²) in [6, 6.07) is 50.1. The Hall–Kier alpha value is -5.61. The van der Waals surface area contributed by atoms with Crippen molar-refractivity contribution in [2.75, 3.05) is 4.90 Å². The number of fused-ring (bicyclic) bond motifs is 1. The highest BCUT2D eigenvalue weighted by molar-refractivity contribution is 5.99. The van der Waals surface area contributed by atoms with Crippen LogP contribution in [0.3, 0.4) is 0 Å². The van der Waals surface area contributed by atoms with Gasteiger partial charge in [-0.1, -0.05) is 97.1 Å². The standard InChI is InChI=1S/C39H26F2N2/c40-35-20-11-21-36(41)39(35)29-16-10-19-32(24-29)43(31-17-8-3-9-18-31)38-23-22-33-34(28-14-6-2-7-15-28)25-30(26-37(33)42-38)27-12-4-1-5-13-27/h1-26H. The molecular weight excluding hydrogens is 534 g/mol. The van der Waals surface area contributed by atoms with Crippen LogP contribution in [0, 0.1) is 11.6 Å². The molecular formula is C39H26F2N2. The Bertz CT molecular complexity index is 2020. The minimum absolute atomic E-state index is 0.0520. The van der Waals surface area contributed by atoms with Gasteiger partial charge in [-0.2, -0.15) is 0 Å². The van der Waals surface area contributed by atoms with Crippen LogP contribution >= 0.6 is 0 Å². The normalized spacial score (nSPS) is 11.0. The van der Waals surface area contributed by atoms with E-state index in [0.717, 1.165) is 44.5 Å². The number of halogens is 2. The lowest BCUT2D eigenvalue weighted by atomic mass is 9.95. The first-order valence-electron chi connectivity index (χ1n) is 14.1. The van der Waals surface area contributed by atoms with Gasteiger partial charge >= 0.3 is 0 Å². The molecule has 7 rings (SSSR count). The molecule has 0 bridgehead atoms. The molecule has 2 nitrogen and oxygen atoms in total. The number of pyridine rings is 1. The van der Waals surface area contributed by atoms with E-state index in [1.165, 1.54) is 18.2 Å². The van der Waals surface area contributed by atoms with Gasteiger partial charge in [0.15, 0.2) is 0 Å². The van der Waals surface area contributed by atoms with Gasteiger partial charge in [0.25, 0.3) is 0 Å². The van der Waals surface area contributed by atoms with Crippen LogP contribution in [-0.4, -0.2) is 4.98 Å². The van der Waals surface area contributed by atoms with Crippen molar-refractivity contribution in [3.8, 4) is 33.4 Å². The Balaban J connectivity index is 1.43. The molecule has 7 aromatic rings. The summed E-state index contributed by atoms with van der Waals surface area (Å²) >= 11 is 0. The molecule has 1 heterocycles. The van der Waals surface area contributed by atoms with Crippen LogP contribution < -0.4 is 4.90 Å². The fourth-order valence-corrected chi connectivity index (χ4v) is 5.57. The summed E-state index contributed by atoms with van der Waals surface area (Å²) in [5.41, 5.74) is 7.24. The minimum atomic E-state index is -0.603. The molecule has 1 aromatic heterocycles. The van der Waals surface area contributed by atoms with Crippen molar-refractivity contribution in [1.29, 1.82) is 0 Å². The highest BCUT2D eigenvalue weighted by Gasteiger charge is 2.18. The lowest BCUT2D eigenvalue weighted by Crippen LogP contribution is -2.11. The Morgan fingerprint density at radius 3 is 1.72 bits per heavy atom. The molecule has 0 unspecified atom stereocenters. The highest BCUT2D eigenvalue weighted by Crippen LogP contribution is 2.39. The van der Waals surface area contributed by atoms with Gasteiger partial charge in [0.1, 0.15) is 17.5 Å². The van der Waals surface area contributed by atoms with E-state index >= 15 is 0 Å². The molecule has 0 atom stereocenters. The number of hydrogen-bond donors (Lipinski definition) is 0. The Kier molecular flexibility index (Phi) is 6.94. The van der Waals surface area contributed by atoms with E-state index in [4.69, 9.17) is 4.98 Å². The molecule has 0 N–H and O–H groups in total. The van der Waals surface area contributed by atoms with Gasteiger partial charge in [0.2, 0.25) is 0 Å². The topological polar surface area (TPSA) is 16.1 Å². The summed E-state index contributed by atoms with van der Waals surface area (Å²) in [5.74, 6) is -0.516. The van der Waals surface area contributed by atoms with Gasteiger partial charge in [0.05, 0.1) is 11.1 Å². The maximum absolute atomic E-state index is 14.8. The monoisotopic (exact) mass is 560 g/mol. The van der Waals surface area contributed by atoms with Crippen LogP contribution in [0.2, 0.25) is 0 Å². The third-order valence-corrected chi connectivity index (χ3v) is 7.58. The first-order valence-corrected chi connectivity index (χ1v) is 14.1. The van der Waals surface area contributed by atoms with Crippen molar-refractivity contribution >= 4 is 28.1 Å². The average molecular weight is 561 g/mol. The van der Waals surface area contributed by atoms with Gasteiger partial charge < -0.3 is 0 Å². The largest absolute Gasteiger partial charge is 0.295 e. The van der Waals surface area contributed by atoms with E-state index in [1.807, 2.05) is 89.8 Å². The van der Waals surface area contributed by atoms with Crippen molar-refractivity contribution in [1.82, 2.24) is 4.98 Å². The summed E-state index contributed by atoms with van der Waals surface area (Å²) in [4.78, 5) is 7.23. The van der Waals surface area contributed by atoms with Crippen LogP contribution in [0.1, 0.15) is 0 Å². The van der Waals surface area contributed by atoms with E-state index in [0.29, 0.717) is 11.4 Å². The summed E-state index contributed by atoms with van der Waals surface area (Å²) in [7, 11) is 0. The summed E-state index contributed by atoms with van der Waals surface area (Å²) in [5, 5.41) is 1.03. The molecule has 0 amide bonds. The van der Waals surface area contributed by atoms with Crippen molar-refractivity contribution in [2.45, 2.75) is 0 Å². The molecule has 0 aliphatic heterocycles. The average Bonchev–Trinajstić information content (AvgIpc) is 3.06. The first-order chi connectivity index (χ1) is 21.2. The Morgan fingerprint density at radius 1 is 0.442 bits per heavy atom. The smallest absolute Gasteiger partial charge is 0.138 e. The third-order valence-electron chi connectivity index (χ3n) is 7.58. The number of anilines is 3. The SMILES string of the molecule is Fc1cccc(F)c1-c1cccc(N(c2ccccc2)c2ccc3c(-c4ccccc4)cc(-c4ccccc4)cc3n2)c1. The number of para-hydroxylation sites is 1. The van der Waals surface area contributed by atoms with Crippen LogP contribution in [0.25, 0.3) is 44.3 Å². The van der Waals surface area contributed by atoms with Gasteiger partial charge in [-0.15, -0.1) is 0 Å². The molecule has 206 valence electrons. The number of benzene rings is 6. The Morgan fingerprint density at radius 2 is 1.02 bits per heavy atom. The first kappa shape index (κ1) is 26.3. The van der Waals surface area contributed by atoms with Crippen LogP contribution in [0.5, 0.6) is 0 Å². The van der Waals surface area contributed by atoms with E-state index in [9.17, 15) is 8.78 Å². The molecule has 0 fully saturated rings. The molecule has 0 saturated heterocycles. The number of hydrogen-bond acceptors (Lipinski definition) is 2. The zero-order chi connectivity index (χ0) is 29.2. The van der Waals surface area contributed by atoms with Gasteiger partial charge in [-0.05, 0) is 88.5 Å². The number of nitrogens with zero attached hydrogens (tertiary/aromatic N) is 2. The predicted octanol–water partition coefficient (Wildman–Crippen LogP) is 11.0. The molecule has 4 heteroatoms. The quantitative estimate of drug-likeness (QED) is 0.201. The molecule has 6 aromatic carbocycles. The lowest BCUT2D eigenvalue weighted by Gasteiger charge is -2.25. The van der Waals surface area contributed by atoms with E-state index in [-0.39, 0.29) is 5.56 Å². The van der Waals surface area contributed by atoms with E-state index in [1.54, 1.807) is 12.1 Å². The summed E-state index contributed by atoms with van der Waals surface area (Å²) in [6.45, 7) is 0. The van der Waals surface area contributed by atoms with Crippen molar-refractivity contribution < 1.29 is 8.78 Å². The summed E-state index contributed by atoms with van der Waals surface area (Å²) in [6.07, 6.45) is 0. The predicted molar refractivity (Wildman–Crippen MR) is 173 cm³/mol.